The number of carbonyl (C=O) groups excluding carboxylic acids is 1. The fourth-order valence-electron chi connectivity index (χ4n) is 3.12. The zero-order valence-corrected chi connectivity index (χ0v) is 16.6. The van der Waals surface area contributed by atoms with Gasteiger partial charge in [-0.25, -0.2) is 4.98 Å². The van der Waals surface area contributed by atoms with Gasteiger partial charge in [0.25, 0.3) is 0 Å². The Kier molecular flexibility index (Phi) is 9.05. The van der Waals surface area contributed by atoms with Gasteiger partial charge in [0.15, 0.2) is 0 Å². The topological polar surface area (TPSA) is 63.8 Å². The zero-order valence-electron chi connectivity index (χ0n) is 16.6. The number of hydrogen-bond acceptors (Lipinski definition) is 4. The maximum Gasteiger partial charge on any atom is 0.305 e. The lowest BCUT2D eigenvalue weighted by Crippen LogP contribution is -2.04. The molecular formula is C22H32N2O3. The highest BCUT2D eigenvalue weighted by atomic mass is 16.5. The van der Waals surface area contributed by atoms with E-state index in [-0.39, 0.29) is 12.1 Å². The number of pyridine rings is 1. The highest BCUT2D eigenvalue weighted by molar-refractivity contribution is 5.69. The number of methoxy groups -OCH3 is 1. The first-order valence-electron chi connectivity index (χ1n) is 10.0. The fraction of sp³-hybridized carbons (Fsp3) is 0.545. The van der Waals surface area contributed by atoms with Gasteiger partial charge in [-0.05, 0) is 49.8 Å². The Morgan fingerprint density at radius 1 is 1.30 bits per heavy atom. The van der Waals surface area contributed by atoms with Crippen LogP contribution in [0.5, 0.6) is 0 Å². The lowest BCUT2D eigenvalue weighted by Gasteiger charge is -2.07. The number of aliphatic hydroxyl groups is 1. The molecule has 2 heterocycles. The molecule has 2 aromatic heterocycles. The van der Waals surface area contributed by atoms with Gasteiger partial charge in [-0.15, -0.1) is 0 Å². The van der Waals surface area contributed by atoms with Crippen LogP contribution in [0.3, 0.4) is 0 Å². The van der Waals surface area contributed by atoms with Gasteiger partial charge in [0, 0.05) is 24.5 Å². The molecule has 0 aliphatic carbocycles. The molecule has 0 saturated carbocycles. The standard InChI is InChI=1S/C22H32N2O3/c1-3-4-5-11-20(25)12-8-9-18-14-15-21-23-16-19(24(21)17-18)10-6-7-13-22(26)27-2/h8-9,14-17,20,25H,3-7,10-13H2,1-2H3/b9-8+. The van der Waals surface area contributed by atoms with E-state index in [9.17, 15) is 9.90 Å². The molecule has 2 aromatic rings. The van der Waals surface area contributed by atoms with Crippen molar-refractivity contribution in [1.82, 2.24) is 9.38 Å². The third-order valence-corrected chi connectivity index (χ3v) is 4.76. The fourth-order valence-corrected chi connectivity index (χ4v) is 3.12. The summed E-state index contributed by atoms with van der Waals surface area (Å²) in [5.74, 6) is -0.155. The van der Waals surface area contributed by atoms with Crippen molar-refractivity contribution in [2.45, 2.75) is 70.8 Å². The van der Waals surface area contributed by atoms with E-state index < -0.39 is 0 Å². The van der Waals surface area contributed by atoms with E-state index in [0.29, 0.717) is 12.8 Å². The van der Waals surface area contributed by atoms with E-state index in [0.717, 1.165) is 49.0 Å². The Morgan fingerprint density at radius 3 is 2.93 bits per heavy atom. The minimum Gasteiger partial charge on any atom is -0.469 e. The summed E-state index contributed by atoms with van der Waals surface area (Å²) < 4.78 is 6.78. The second-order valence-electron chi connectivity index (χ2n) is 7.01. The summed E-state index contributed by atoms with van der Waals surface area (Å²) in [6.45, 7) is 2.17. The molecule has 27 heavy (non-hydrogen) atoms. The zero-order chi connectivity index (χ0) is 19.5. The molecule has 0 amide bonds. The molecule has 1 atom stereocenters. The molecule has 0 spiro atoms. The van der Waals surface area contributed by atoms with Crippen LogP contribution in [0.2, 0.25) is 0 Å². The van der Waals surface area contributed by atoms with Gasteiger partial charge in [-0.1, -0.05) is 38.3 Å². The van der Waals surface area contributed by atoms with Crippen LogP contribution in [0.1, 0.15) is 69.5 Å². The lowest BCUT2D eigenvalue weighted by molar-refractivity contribution is -0.140. The molecule has 0 aliphatic heterocycles. The van der Waals surface area contributed by atoms with Crippen LogP contribution in [-0.2, 0) is 16.0 Å². The smallest absolute Gasteiger partial charge is 0.305 e. The summed E-state index contributed by atoms with van der Waals surface area (Å²) in [5.41, 5.74) is 3.16. The van der Waals surface area contributed by atoms with Gasteiger partial charge < -0.3 is 14.2 Å². The molecule has 0 bridgehead atoms. The van der Waals surface area contributed by atoms with Crippen molar-refractivity contribution in [3.05, 3.63) is 41.9 Å². The van der Waals surface area contributed by atoms with Gasteiger partial charge >= 0.3 is 5.97 Å². The molecule has 5 nitrogen and oxygen atoms in total. The molecule has 148 valence electrons. The van der Waals surface area contributed by atoms with Gasteiger partial charge in [0.2, 0.25) is 0 Å². The number of unbranched alkanes of at least 4 members (excludes halogenated alkanes) is 3. The number of aryl methyl sites for hydroxylation is 1. The molecule has 0 aliphatic rings. The van der Waals surface area contributed by atoms with E-state index in [2.05, 4.69) is 33.3 Å². The summed E-state index contributed by atoms with van der Waals surface area (Å²) >= 11 is 0. The number of imidazole rings is 1. The quantitative estimate of drug-likeness (QED) is 0.438. The second kappa shape index (κ2) is 11.5. The maximum absolute atomic E-state index is 11.2. The molecule has 1 unspecified atom stereocenters. The van der Waals surface area contributed by atoms with Gasteiger partial charge in [0.1, 0.15) is 5.65 Å². The normalized spacial score (nSPS) is 12.7. The highest BCUT2D eigenvalue weighted by Gasteiger charge is 2.05. The van der Waals surface area contributed by atoms with E-state index in [4.69, 9.17) is 0 Å². The molecule has 0 radical (unpaired) electrons. The SMILES string of the molecule is CCCCCC(O)C/C=C/c1ccc2ncc(CCCCC(=O)OC)n2c1. The highest BCUT2D eigenvalue weighted by Crippen LogP contribution is 2.14. The molecule has 1 N–H and O–H groups in total. The van der Waals surface area contributed by atoms with Crippen molar-refractivity contribution in [3.63, 3.8) is 0 Å². The molecule has 0 aromatic carbocycles. The monoisotopic (exact) mass is 372 g/mol. The Hall–Kier alpha value is -2.14. The van der Waals surface area contributed by atoms with Crippen molar-refractivity contribution < 1.29 is 14.6 Å². The van der Waals surface area contributed by atoms with Crippen molar-refractivity contribution in [1.29, 1.82) is 0 Å². The molecule has 0 saturated heterocycles. The molecule has 0 fully saturated rings. The van der Waals surface area contributed by atoms with Gasteiger partial charge in [-0.2, -0.15) is 0 Å². The Labute approximate surface area is 162 Å². The van der Waals surface area contributed by atoms with Crippen LogP contribution < -0.4 is 0 Å². The maximum atomic E-state index is 11.2. The predicted octanol–water partition coefficient (Wildman–Crippen LogP) is 4.56. The van der Waals surface area contributed by atoms with Crippen LogP contribution >= 0.6 is 0 Å². The largest absolute Gasteiger partial charge is 0.469 e. The number of fused-ring (bicyclic) bond motifs is 1. The number of hydrogen-bond donors (Lipinski definition) is 1. The number of carbonyl (C=O) groups is 1. The summed E-state index contributed by atoms with van der Waals surface area (Å²) in [4.78, 5) is 15.6. The number of nitrogens with zero attached hydrogens (tertiary/aromatic N) is 2. The average Bonchev–Trinajstić information content (AvgIpc) is 3.07. The number of ether oxygens (including phenoxy) is 1. The number of aromatic nitrogens is 2. The number of esters is 1. The van der Waals surface area contributed by atoms with Crippen LogP contribution in [0.15, 0.2) is 30.6 Å². The van der Waals surface area contributed by atoms with Crippen molar-refractivity contribution in [3.8, 4) is 0 Å². The average molecular weight is 373 g/mol. The van der Waals surface area contributed by atoms with Crippen molar-refractivity contribution >= 4 is 17.7 Å². The predicted molar refractivity (Wildman–Crippen MR) is 109 cm³/mol. The molecular weight excluding hydrogens is 340 g/mol. The lowest BCUT2D eigenvalue weighted by atomic mass is 10.1. The Balaban J connectivity index is 1.89. The van der Waals surface area contributed by atoms with E-state index >= 15 is 0 Å². The van der Waals surface area contributed by atoms with Crippen LogP contribution in [0.4, 0.5) is 0 Å². The third kappa shape index (κ3) is 7.18. The summed E-state index contributed by atoms with van der Waals surface area (Å²) in [5, 5.41) is 10.0. The number of rotatable bonds is 12. The first-order valence-corrected chi connectivity index (χ1v) is 10.0. The molecule has 2 rings (SSSR count). The minimum atomic E-state index is -0.254. The van der Waals surface area contributed by atoms with Crippen molar-refractivity contribution in [2.24, 2.45) is 0 Å². The third-order valence-electron chi connectivity index (χ3n) is 4.76. The van der Waals surface area contributed by atoms with Crippen molar-refractivity contribution in [2.75, 3.05) is 7.11 Å². The summed E-state index contributed by atoms with van der Waals surface area (Å²) in [6, 6.07) is 4.05. The Bertz CT molecular complexity index is 736. The molecule has 5 heteroatoms. The van der Waals surface area contributed by atoms with E-state index in [1.54, 1.807) is 0 Å². The summed E-state index contributed by atoms with van der Waals surface area (Å²) in [6.07, 6.45) is 15.9. The minimum absolute atomic E-state index is 0.155. The van der Waals surface area contributed by atoms with E-state index in [1.165, 1.54) is 20.0 Å². The van der Waals surface area contributed by atoms with E-state index in [1.807, 2.05) is 24.4 Å². The summed E-state index contributed by atoms with van der Waals surface area (Å²) in [7, 11) is 1.42. The van der Waals surface area contributed by atoms with Crippen LogP contribution in [0.25, 0.3) is 11.7 Å². The first kappa shape index (κ1) is 21.2. The number of aliphatic hydroxyl groups excluding tert-OH is 1. The first-order chi connectivity index (χ1) is 13.1. The van der Waals surface area contributed by atoms with Crippen LogP contribution in [0, 0.1) is 0 Å². The second-order valence-corrected chi connectivity index (χ2v) is 7.01. The van der Waals surface area contributed by atoms with Gasteiger partial charge in [-0.3, -0.25) is 4.79 Å². The van der Waals surface area contributed by atoms with Crippen LogP contribution in [-0.4, -0.2) is 33.7 Å². The van der Waals surface area contributed by atoms with Gasteiger partial charge in [0.05, 0.1) is 13.2 Å². The Morgan fingerprint density at radius 2 is 2.15 bits per heavy atom.